The van der Waals surface area contributed by atoms with E-state index >= 15 is 0 Å². The van der Waals surface area contributed by atoms with E-state index in [4.69, 9.17) is 4.42 Å². The lowest BCUT2D eigenvalue weighted by Gasteiger charge is -2.11. The number of benzene rings is 1. The van der Waals surface area contributed by atoms with Gasteiger partial charge in [0.25, 0.3) is 5.91 Å². The van der Waals surface area contributed by atoms with Crippen LogP contribution in [0.2, 0.25) is 0 Å². The summed E-state index contributed by atoms with van der Waals surface area (Å²) in [4.78, 5) is 12.1. The van der Waals surface area contributed by atoms with Gasteiger partial charge in [0.1, 0.15) is 5.69 Å². The molecule has 2 aromatic heterocycles. The number of carbonyl (C=O) groups excluding carboxylic acids is 1. The molecule has 1 amide bonds. The number of hydrogen-bond acceptors (Lipinski definition) is 3. The van der Waals surface area contributed by atoms with Crippen LogP contribution < -0.4 is 5.32 Å². The van der Waals surface area contributed by atoms with Gasteiger partial charge in [0, 0.05) is 17.3 Å². The molecule has 0 fully saturated rings. The van der Waals surface area contributed by atoms with Crippen molar-refractivity contribution < 1.29 is 35.6 Å². The molecule has 0 unspecified atom stereocenters. The van der Waals surface area contributed by atoms with Gasteiger partial charge in [-0.05, 0) is 37.3 Å². The highest BCUT2D eigenvalue weighted by Gasteiger charge is 2.42. The molecular formula is C17H11F6N3O2. The number of anilines is 1. The number of alkyl halides is 6. The van der Waals surface area contributed by atoms with Crippen molar-refractivity contribution in [3.63, 3.8) is 0 Å². The van der Waals surface area contributed by atoms with Crippen molar-refractivity contribution in [2.24, 2.45) is 0 Å². The minimum atomic E-state index is -5.04. The monoisotopic (exact) mass is 403 g/mol. The van der Waals surface area contributed by atoms with Crippen molar-refractivity contribution in [2.45, 2.75) is 19.3 Å². The van der Waals surface area contributed by atoms with Crippen molar-refractivity contribution in [1.29, 1.82) is 0 Å². The van der Waals surface area contributed by atoms with Crippen LogP contribution in [0.4, 0.5) is 32.0 Å². The average molecular weight is 403 g/mol. The fraction of sp³-hybridized carbons (Fsp3) is 0.176. The maximum atomic E-state index is 13.1. The summed E-state index contributed by atoms with van der Waals surface area (Å²) in [6.07, 6.45) is -8.75. The molecule has 0 saturated carbocycles. The van der Waals surface area contributed by atoms with Crippen LogP contribution in [0.25, 0.3) is 5.69 Å². The predicted molar refractivity (Wildman–Crippen MR) is 85.0 cm³/mol. The van der Waals surface area contributed by atoms with E-state index in [0.29, 0.717) is 5.56 Å². The second-order valence-corrected chi connectivity index (χ2v) is 5.76. The maximum absolute atomic E-state index is 13.1. The highest BCUT2D eigenvalue weighted by molar-refractivity contribution is 6.03. The molecule has 0 bridgehead atoms. The normalized spacial score (nSPS) is 12.2. The largest absolute Gasteiger partial charge is 0.459 e. The van der Waals surface area contributed by atoms with Gasteiger partial charge in [-0.25, -0.2) is 4.68 Å². The van der Waals surface area contributed by atoms with E-state index in [2.05, 4.69) is 10.4 Å². The molecule has 0 aliphatic heterocycles. The Bertz CT molecular complexity index is 999. The van der Waals surface area contributed by atoms with Crippen LogP contribution in [-0.4, -0.2) is 15.7 Å². The third kappa shape index (κ3) is 3.87. The van der Waals surface area contributed by atoms with E-state index in [9.17, 15) is 31.1 Å². The summed E-state index contributed by atoms with van der Waals surface area (Å²) in [6.45, 7) is 1.65. The molecule has 0 spiro atoms. The summed E-state index contributed by atoms with van der Waals surface area (Å²) in [5, 5.41) is 5.50. The number of halogens is 6. The zero-order chi connectivity index (χ0) is 20.7. The first-order valence-electron chi connectivity index (χ1n) is 7.67. The smallest absolute Gasteiger partial charge is 0.435 e. The Morgan fingerprint density at radius 3 is 2.18 bits per heavy atom. The topological polar surface area (TPSA) is 60.1 Å². The molecular weight excluding hydrogens is 392 g/mol. The number of aryl methyl sites for hydroxylation is 1. The molecule has 5 nitrogen and oxygen atoms in total. The fourth-order valence-corrected chi connectivity index (χ4v) is 2.40. The SMILES string of the molecule is Cc1ccoc1C(=O)Nc1ccc(-n2nc(C(F)(F)F)cc2C(F)(F)F)cc1. The first-order valence-corrected chi connectivity index (χ1v) is 7.67. The highest BCUT2D eigenvalue weighted by atomic mass is 19.4. The lowest BCUT2D eigenvalue weighted by molar-refractivity contribution is -0.143. The zero-order valence-corrected chi connectivity index (χ0v) is 14.0. The van der Waals surface area contributed by atoms with E-state index in [-0.39, 0.29) is 27.9 Å². The standard InChI is InChI=1S/C17H11F6N3O2/c1-9-6-7-28-14(9)15(27)24-10-2-4-11(5-3-10)26-13(17(21,22)23)8-12(25-26)16(18,19)20/h2-8H,1H3,(H,24,27). The van der Waals surface area contributed by atoms with Crippen molar-refractivity contribution in [1.82, 2.24) is 9.78 Å². The predicted octanol–water partition coefficient (Wildman–Crippen LogP) is 5.06. The Balaban J connectivity index is 1.90. The number of nitrogens with zero attached hydrogens (tertiary/aromatic N) is 2. The minimum absolute atomic E-state index is 0.0601. The Morgan fingerprint density at radius 2 is 1.68 bits per heavy atom. The molecule has 2 heterocycles. The van der Waals surface area contributed by atoms with Gasteiger partial charge < -0.3 is 9.73 Å². The molecule has 1 aromatic carbocycles. The number of amides is 1. The molecule has 11 heteroatoms. The summed E-state index contributed by atoms with van der Waals surface area (Å²) < 4.78 is 82.7. The quantitative estimate of drug-likeness (QED) is 0.622. The van der Waals surface area contributed by atoms with Crippen molar-refractivity contribution in [3.05, 3.63) is 65.4 Å². The van der Waals surface area contributed by atoms with Crippen LogP contribution in [0.15, 0.2) is 47.1 Å². The Hall–Kier alpha value is -3.24. The van der Waals surface area contributed by atoms with Gasteiger partial charge in [0.2, 0.25) is 0 Å². The van der Waals surface area contributed by atoms with Crippen molar-refractivity contribution >= 4 is 11.6 Å². The molecule has 3 aromatic rings. The fourth-order valence-electron chi connectivity index (χ4n) is 2.40. The van der Waals surface area contributed by atoms with Crippen LogP contribution in [0.3, 0.4) is 0 Å². The highest BCUT2D eigenvalue weighted by Crippen LogP contribution is 2.36. The number of aromatic nitrogens is 2. The number of nitrogens with one attached hydrogen (secondary N) is 1. The van der Waals surface area contributed by atoms with Crippen LogP contribution in [0.5, 0.6) is 0 Å². The first-order chi connectivity index (χ1) is 13.0. The van der Waals surface area contributed by atoms with Crippen molar-refractivity contribution in [2.75, 3.05) is 5.32 Å². The lowest BCUT2D eigenvalue weighted by Crippen LogP contribution is -2.14. The van der Waals surface area contributed by atoms with Gasteiger partial charge >= 0.3 is 12.4 Å². The average Bonchev–Trinajstić information content (AvgIpc) is 3.21. The molecule has 0 saturated heterocycles. The van der Waals surface area contributed by atoms with Gasteiger partial charge in [-0.3, -0.25) is 4.79 Å². The van der Waals surface area contributed by atoms with Crippen LogP contribution in [0.1, 0.15) is 27.5 Å². The van der Waals surface area contributed by atoms with Gasteiger partial charge in [0.05, 0.1) is 12.0 Å². The zero-order valence-electron chi connectivity index (χ0n) is 14.0. The summed E-state index contributed by atoms with van der Waals surface area (Å²) in [5.41, 5.74) is -2.69. The summed E-state index contributed by atoms with van der Waals surface area (Å²) in [6, 6.07) is 6.20. The number of rotatable bonds is 3. The molecule has 0 atom stereocenters. The third-order valence-electron chi connectivity index (χ3n) is 3.73. The Kier molecular flexibility index (Phi) is 4.69. The second-order valence-electron chi connectivity index (χ2n) is 5.76. The third-order valence-corrected chi connectivity index (χ3v) is 3.73. The number of furan rings is 1. The van der Waals surface area contributed by atoms with Gasteiger partial charge in [0.15, 0.2) is 11.5 Å². The van der Waals surface area contributed by atoms with E-state index in [1.165, 1.54) is 18.4 Å². The molecule has 1 N–H and O–H groups in total. The molecule has 28 heavy (non-hydrogen) atoms. The molecule has 148 valence electrons. The van der Waals surface area contributed by atoms with E-state index in [1.54, 1.807) is 13.0 Å². The molecule has 0 aliphatic carbocycles. The van der Waals surface area contributed by atoms with Crippen molar-refractivity contribution in [3.8, 4) is 5.69 Å². The Morgan fingerprint density at radius 1 is 1.04 bits per heavy atom. The van der Waals surface area contributed by atoms with Crippen LogP contribution in [-0.2, 0) is 12.4 Å². The summed E-state index contributed by atoms with van der Waals surface area (Å²) >= 11 is 0. The van der Waals surface area contributed by atoms with Gasteiger partial charge in [-0.2, -0.15) is 31.4 Å². The van der Waals surface area contributed by atoms with E-state index in [1.807, 2.05) is 0 Å². The molecule has 0 radical (unpaired) electrons. The maximum Gasteiger partial charge on any atom is 0.435 e. The number of carbonyl (C=O) groups is 1. The van der Waals surface area contributed by atoms with Crippen LogP contribution in [0, 0.1) is 6.92 Å². The Labute approximate surface area is 153 Å². The summed E-state index contributed by atoms with van der Waals surface area (Å²) in [7, 11) is 0. The second kappa shape index (κ2) is 6.73. The number of hydrogen-bond donors (Lipinski definition) is 1. The molecule has 0 aliphatic rings. The first kappa shape index (κ1) is 19.5. The van der Waals surface area contributed by atoms with E-state index < -0.39 is 29.6 Å². The van der Waals surface area contributed by atoms with E-state index in [0.717, 1.165) is 12.1 Å². The lowest BCUT2D eigenvalue weighted by atomic mass is 10.2. The van der Waals surface area contributed by atoms with Gasteiger partial charge in [-0.1, -0.05) is 0 Å². The minimum Gasteiger partial charge on any atom is -0.459 e. The summed E-state index contributed by atoms with van der Waals surface area (Å²) in [5.74, 6) is -0.519. The molecule has 3 rings (SSSR count). The van der Waals surface area contributed by atoms with Gasteiger partial charge in [-0.15, -0.1) is 0 Å². The van der Waals surface area contributed by atoms with Crippen LogP contribution >= 0.6 is 0 Å².